The summed E-state index contributed by atoms with van der Waals surface area (Å²) in [6, 6.07) is 10.4. The maximum absolute atomic E-state index is 6.33. The highest BCUT2D eigenvalue weighted by molar-refractivity contribution is 6.30. The molecule has 0 bridgehead atoms. The van der Waals surface area contributed by atoms with Gasteiger partial charge in [-0.1, -0.05) is 101 Å². The molecule has 1 nitrogen and oxygen atoms in total. The minimum Gasteiger partial charge on any atom is -0.236 e. The summed E-state index contributed by atoms with van der Waals surface area (Å²) in [7, 11) is 0. The number of hydrogen-bond acceptors (Lipinski definition) is 1. The maximum Gasteiger partial charge on any atom is 0.132 e. The van der Waals surface area contributed by atoms with Crippen LogP contribution in [0, 0.1) is 0 Å². The SMILES string of the molecule is CCCCCCCCCCCCCc1cc2ccccc2nc1Cl.CCl. The van der Waals surface area contributed by atoms with E-state index >= 15 is 0 Å². The molecule has 3 heteroatoms. The van der Waals surface area contributed by atoms with Gasteiger partial charge in [0.25, 0.3) is 0 Å². The van der Waals surface area contributed by atoms with Crippen molar-refractivity contribution in [2.45, 2.75) is 84.0 Å². The standard InChI is InChI=1S/C22H32ClN.CH3Cl/c1-2-3-4-5-6-7-8-9-10-11-12-16-20-18-19-15-13-14-17-21(19)24-22(20)23;1-2/h13-15,17-18H,2-12,16H2,1H3;1H3. The van der Waals surface area contributed by atoms with Crippen LogP contribution in [0.4, 0.5) is 0 Å². The first-order valence-electron chi connectivity index (χ1n) is 10.2. The van der Waals surface area contributed by atoms with E-state index in [1.54, 1.807) is 0 Å². The number of alkyl halides is 1. The second-order valence-electron chi connectivity index (χ2n) is 6.92. The van der Waals surface area contributed by atoms with Gasteiger partial charge in [-0.2, -0.15) is 0 Å². The molecular weight excluding hydrogens is 361 g/mol. The highest BCUT2D eigenvalue weighted by Crippen LogP contribution is 2.22. The Kier molecular flexibility index (Phi) is 13.7. The highest BCUT2D eigenvalue weighted by Gasteiger charge is 2.04. The average molecular weight is 396 g/mol. The highest BCUT2D eigenvalue weighted by atomic mass is 35.5. The number of fused-ring (bicyclic) bond motifs is 1. The van der Waals surface area contributed by atoms with E-state index in [1.807, 2.05) is 12.1 Å². The fourth-order valence-corrected chi connectivity index (χ4v) is 3.53. The van der Waals surface area contributed by atoms with Crippen LogP contribution in [0.3, 0.4) is 0 Å². The van der Waals surface area contributed by atoms with Gasteiger partial charge in [-0.15, -0.1) is 11.6 Å². The molecule has 1 aromatic carbocycles. The van der Waals surface area contributed by atoms with E-state index in [9.17, 15) is 0 Å². The first kappa shape index (κ1) is 23.2. The van der Waals surface area contributed by atoms with E-state index in [0.717, 1.165) is 11.9 Å². The summed E-state index contributed by atoms with van der Waals surface area (Å²) < 4.78 is 0. The second kappa shape index (κ2) is 15.3. The monoisotopic (exact) mass is 395 g/mol. The van der Waals surface area contributed by atoms with Gasteiger partial charge in [-0.3, -0.25) is 0 Å². The van der Waals surface area contributed by atoms with Crippen molar-refractivity contribution in [3.63, 3.8) is 0 Å². The van der Waals surface area contributed by atoms with Crippen LogP contribution in [0.2, 0.25) is 5.15 Å². The van der Waals surface area contributed by atoms with E-state index in [1.165, 1.54) is 88.0 Å². The summed E-state index contributed by atoms with van der Waals surface area (Å²) in [6.07, 6.45) is 17.7. The molecule has 0 aliphatic carbocycles. The van der Waals surface area contributed by atoms with Crippen LogP contribution in [0.15, 0.2) is 30.3 Å². The number of pyridine rings is 1. The molecule has 2 aromatic rings. The summed E-state index contributed by atoms with van der Waals surface area (Å²) >= 11 is 11.0. The van der Waals surface area contributed by atoms with E-state index in [-0.39, 0.29) is 0 Å². The third-order valence-electron chi connectivity index (χ3n) is 4.80. The van der Waals surface area contributed by atoms with Crippen LogP contribution < -0.4 is 0 Å². The zero-order valence-corrected chi connectivity index (χ0v) is 18.1. The van der Waals surface area contributed by atoms with E-state index in [0.29, 0.717) is 5.15 Å². The fourth-order valence-electron chi connectivity index (χ4n) is 3.29. The lowest BCUT2D eigenvalue weighted by Crippen LogP contribution is -1.91. The van der Waals surface area contributed by atoms with Crippen molar-refractivity contribution in [2.75, 3.05) is 6.38 Å². The lowest BCUT2D eigenvalue weighted by molar-refractivity contribution is 0.549. The predicted octanol–water partition coefficient (Wildman–Crippen LogP) is 8.60. The molecule has 0 radical (unpaired) electrons. The molecule has 1 aromatic heterocycles. The van der Waals surface area contributed by atoms with Gasteiger partial charge in [0.1, 0.15) is 5.15 Å². The lowest BCUT2D eigenvalue weighted by Gasteiger charge is -2.06. The Bertz CT molecular complexity index is 598. The van der Waals surface area contributed by atoms with Crippen LogP contribution >= 0.6 is 23.2 Å². The average Bonchev–Trinajstić information content (AvgIpc) is 2.68. The van der Waals surface area contributed by atoms with E-state index < -0.39 is 0 Å². The number of benzene rings is 1. The molecule has 0 saturated carbocycles. The molecule has 0 aliphatic rings. The lowest BCUT2D eigenvalue weighted by atomic mass is 10.0. The third kappa shape index (κ3) is 9.24. The van der Waals surface area contributed by atoms with Gasteiger partial charge in [0.15, 0.2) is 0 Å². The quantitative estimate of drug-likeness (QED) is 0.199. The topological polar surface area (TPSA) is 12.9 Å². The first-order valence-corrected chi connectivity index (χ1v) is 11.4. The Morgan fingerprint density at radius 2 is 1.31 bits per heavy atom. The van der Waals surface area contributed by atoms with E-state index in [2.05, 4.69) is 41.7 Å². The summed E-state index contributed by atoms with van der Waals surface area (Å²) in [5.74, 6) is 0. The van der Waals surface area contributed by atoms with Gasteiger partial charge in [0, 0.05) is 11.8 Å². The molecule has 0 fully saturated rings. The largest absolute Gasteiger partial charge is 0.236 e. The summed E-state index contributed by atoms with van der Waals surface area (Å²) in [6.45, 7) is 2.28. The first-order chi connectivity index (χ1) is 12.8. The van der Waals surface area contributed by atoms with Crippen molar-refractivity contribution in [1.82, 2.24) is 4.98 Å². The number of hydrogen-bond donors (Lipinski definition) is 0. The van der Waals surface area contributed by atoms with Crippen LogP contribution in [0.5, 0.6) is 0 Å². The Hall–Kier alpha value is -0.790. The summed E-state index contributed by atoms with van der Waals surface area (Å²) in [5, 5.41) is 1.88. The number of nitrogens with zero attached hydrogens (tertiary/aromatic N) is 1. The van der Waals surface area contributed by atoms with Crippen molar-refractivity contribution in [1.29, 1.82) is 0 Å². The smallest absolute Gasteiger partial charge is 0.132 e. The normalized spacial score (nSPS) is 10.6. The Morgan fingerprint density at radius 1 is 0.769 bits per heavy atom. The van der Waals surface area contributed by atoms with Crippen molar-refractivity contribution >= 4 is 34.1 Å². The Morgan fingerprint density at radius 3 is 1.92 bits per heavy atom. The van der Waals surface area contributed by atoms with Gasteiger partial charge in [-0.05, 0) is 30.5 Å². The maximum atomic E-state index is 6.33. The molecule has 26 heavy (non-hydrogen) atoms. The Balaban J connectivity index is 0.00000163. The molecule has 1 heterocycles. The molecule has 0 N–H and O–H groups in total. The van der Waals surface area contributed by atoms with Gasteiger partial charge >= 0.3 is 0 Å². The van der Waals surface area contributed by atoms with E-state index in [4.69, 9.17) is 11.6 Å². The number of rotatable bonds is 12. The minimum absolute atomic E-state index is 0.681. The number of para-hydroxylation sites is 1. The molecule has 2 rings (SSSR count). The summed E-state index contributed by atoms with van der Waals surface area (Å²) in [5.41, 5.74) is 2.19. The zero-order valence-electron chi connectivity index (χ0n) is 16.6. The molecule has 0 spiro atoms. The zero-order chi connectivity index (χ0) is 19.0. The van der Waals surface area contributed by atoms with Crippen LogP contribution in [0.25, 0.3) is 10.9 Å². The van der Waals surface area contributed by atoms with Crippen LogP contribution in [-0.2, 0) is 6.42 Å². The van der Waals surface area contributed by atoms with Crippen LogP contribution in [-0.4, -0.2) is 11.4 Å². The molecule has 146 valence electrons. The number of halogens is 2. The third-order valence-corrected chi connectivity index (χ3v) is 5.13. The molecule has 0 saturated heterocycles. The van der Waals surface area contributed by atoms with Crippen molar-refractivity contribution in [2.24, 2.45) is 0 Å². The molecule has 0 aliphatic heterocycles. The van der Waals surface area contributed by atoms with Gasteiger partial charge in [0.2, 0.25) is 0 Å². The second-order valence-corrected chi connectivity index (χ2v) is 7.27. The van der Waals surface area contributed by atoms with Crippen molar-refractivity contribution in [3.05, 3.63) is 41.0 Å². The van der Waals surface area contributed by atoms with Gasteiger partial charge < -0.3 is 0 Å². The van der Waals surface area contributed by atoms with Crippen molar-refractivity contribution in [3.8, 4) is 0 Å². The Labute approximate surface area is 170 Å². The molecule has 0 unspecified atom stereocenters. The number of aryl methyl sites for hydroxylation is 1. The minimum atomic E-state index is 0.681. The van der Waals surface area contributed by atoms with Gasteiger partial charge in [0.05, 0.1) is 5.52 Å². The van der Waals surface area contributed by atoms with Crippen LogP contribution in [0.1, 0.15) is 83.1 Å². The molecular formula is C23H35Cl2N. The predicted molar refractivity (Wildman–Crippen MR) is 119 cm³/mol. The van der Waals surface area contributed by atoms with Gasteiger partial charge in [-0.25, -0.2) is 4.98 Å². The molecule has 0 amide bonds. The fraction of sp³-hybridized carbons (Fsp3) is 0.609. The van der Waals surface area contributed by atoms with Crippen molar-refractivity contribution < 1.29 is 0 Å². The molecule has 0 atom stereocenters. The summed E-state index contributed by atoms with van der Waals surface area (Å²) in [4.78, 5) is 4.51. The number of aromatic nitrogens is 1. The number of unbranched alkanes of at least 4 members (excludes halogenated alkanes) is 10.